The van der Waals surface area contributed by atoms with Crippen LogP contribution in [0.1, 0.15) is 64.4 Å². The highest BCUT2D eigenvalue weighted by molar-refractivity contribution is 5.99. The maximum Gasteiger partial charge on any atom is 0.309 e. The summed E-state index contributed by atoms with van der Waals surface area (Å²) < 4.78 is 11.5. The fourth-order valence-electron chi connectivity index (χ4n) is 6.22. The maximum absolute atomic E-state index is 14.1. The predicted octanol–water partition coefficient (Wildman–Crippen LogP) is 3.58. The number of likely N-dealkylation sites (tertiary alicyclic amines) is 2. The summed E-state index contributed by atoms with van der Waals surface area (Å²) in [5, 5.41) is 0. The van der Waals surface area contributed by atoms with Crippen molar-refractivity contribution in [3.8, 4) is 0 Å². The van der Waals surface area contributed by atoms with Gasteiger partial charge in [0.05, 0.1) is 19.1 Å². The smallest absolute Gasteiger partial charge is 0.309 e. The monoisotopic (exact) mass is 561 g/mol. The minimum absolute atomic E-state index is 0.0462. The highest BCUT2D eigenvalue weighted by Crippen LogP contribution is 2.39. The van der Waals surface area contributed by atoms with Gasteiger partial charge in [-0.15, -0.1) is 0 Å². The molecule has 0 N–H and O–H groups in total. The number of ether oxygens (including phenoxy) is 2. The van der Waals surface area contributed by atoms with Crippen LogP contribution in [0.5, 0.6) is 0 Å². The van der Waals surface area contributed by atoms with Crippen molar-refractivity contribution in [3.05, 3.63) is 70.8 Å². The Bertz CT molecular complexity index is 1290. The standard InChI is InChI=1S/C32H39N3O6/c1-4-40-31(39)25-12-16-33(17-13-25)30(38)27-21-41-32(35(27)29(37)24-10-8-22(2)9-11-24)14-18-34(19-15-32)28(36)26-7-5-6-23(3)20-26/h5-11,20,25,27H,4,12-19,21H2,1-3H3. The average Bonchev–Trinajstić information content (AvgIpc) is 3.35. The zero-order valence-electron chi connectivity index (χ0n) is 24.1. The van der Waals surface area contributed by atoms with Gasteiger partial charge in [-0.25, -0.2) is 0 Å². The molecule has 9 nitrogen and oxygen atoms in total. The van der Waals surface area contributed by atoms with E-state index in [1.807, 2.05) is 50.2 Å². The number of hydrogen-bond donors (Lipinski definition) is 0. The number of rotatable bonds is 5. The van der Waals surface area contributed by atoms with Crippen molar-refractivity contribution in [1.82, 2.24) is 14.7 Å². The third-order valence-electron chi connectivity index (χ3n) is 8.59. The molecule has 1 spiro atoms. The molecule has 0 saturated carbocycles. The highest BCUT2D eigenvalue weighted by Gasteiger charge is 2.55. The molecule has 3 aliphatic rings. The molecule has 3 fully saturated rings. The van der Waals surface area contributed by atoms with Crippen LogP contribution in [-0.4, -0.2) is 89.6 Å². The van der Waals surface area contributed by atoms with Crippen molar-refractivity contribution >= 4 is 23.7 Å². The molecule has 1 unspecified atom stereocenters. The summed E-state index contributed by atoms with van der Waals surface area (Å²) in [5.41, 5.74) is 2.22. The van der Waals surface area contributed by atoms with Crippen molar-refractivity contribution in [2.75, 3.05) is 39.4 Å². The Morgan fingerprint density at radius 3 is 2.17 bits per heavy atom. The van der Waals surface area contributed by atoms with E-state index in [2.05, 4.69) is 0 Å². The summed E-state index contributed by atoms with van der Waals surface area (Å²) >= 11 is 0. The third-order valence-corrected chi connectivity index (χ3v) is 8.59. The number of carbonyl (C=O) groups excluding carboxylic acids is 4. The van der Waals surface area contributed by atoms with Gasteiger partial charge in [0.2, 0.25) is 5.91 Å². The van der Waals surface area contributed by atoms with Crippen LogP contribution in [0, 0.1) is 19.8 Å². The van der Waals surface area contributed by atoms with E-state index in [1.165, 1.54) is 0 Å². The Labute approximate surface area is 241 Å². The SMILES string of the molecule is CCOC(=O)C1CCN(C(=O)C2COC3(CCN(C(=O)c4cccc(C)c4)CC3)N2C(=O)c2ccc(C)cc2)CC1. The molecule has 3 saturated heterocycles. The second-order valence-corrected chi connectivity index (χ2v) is 11.3. The topological polar surface area (TPSA) is 96.5 Å². The van der Waals surface area contributed by atoms with E-state index in [0.717, 1.165) is 11.1 Å². The maximum atomic E-state index is 14.1. The molecule has 41 heavy (non-hydrogen) atoms. The van der Waals surface area contributed by atoms with E-state index in [0.29, 0.717) is 69.6 Å². The molecule has 5 rings (SSSR count). The van der Waals surface area contributed by atoms with Crippen molar-refractivity contribution in [2.24, 2.45) is 5.92 Å². The van der Waals surface area contributed by atoms with Crippen molar-refractivity contribution < 1.29 is 28.7 Å². The van der Waals surface area contributed by atoms with E-state index in [-0.39, 0.29) is 36.2 Å². The van der Waals surface area contributed by atoms with Crippen LogP contribution in [0.15, 0.2) is 48.5 Å². The Morgan fingerprint density at radius 2 is 1.54 bits per heavy atom. The molecule has 2 aromatic rings. The fourth-order valence-corrected chi connectivity index (χ4v) is 6.22. The molecular weight excluding hydrogens is 522 g/mol. The van der Waals surface area contributed by atoms with E-state index in [1.54, 1.807) is 33.8 Å². The first kappa shape index (κ1) is 28.8. The molecule has 0 radical (unpaired) electrons. The van der Waals surface area contributed by atoms with E-state index in [9.17, 15) is 19.2 Å². The molecule has 3 aliphatic heterocycles. The van der Waals surface area contributed by atoms with Gasteiger partial charge in [-0.05, 0) is 57.9 Å². The summed E-state index contributed by atoms with van der Waals surface area (Å²) in [6, 6.07) is 14.1. The lowest BCUT2D eigenvalue weighted by Gasteiger charge is -2.45. The molecule has 0 aromatic heterocycles. The van der Waals surface area contributed by atoms with Gasteiger partial charge in [-0.2, -0.15) is 0 Å². The summed E-state index contributed by atoms with van der Waals surface area (Å²) in [7, 11) is 0. The molecule has 1 atom stereocenters. The first-order valence-electron chi connectivity index (χ1n) is 14.6. The fraction of sp³-hybridized carbons (Fsp3) is 0.500. The zero-order chi connectivity index (χ0) is 29.1. The van der Waals surface area contributed by atoms with Gasteiger partial charge in [0, 0.05) is 50.1 Å². The minimum atomic E-state index is -0.977. The highest BCUT2D eigenvalue weighted by atomic mass is 16.5. The molecule has 0 aliphatic carbocycles. The lowest BCUT2D eigenvalue weighted by Crippen LogP contribution is -2.60. The summed E-state index contributed by atoms with van der Waals surface area (Å²) in [6.07, 6.45) is 1.89. The quantitative estimate of drug-likeness (QED) is 0.518. The number of nitrogens with zero attached hydrogens (tertiary/aromatic N) is 3. The van der Waals surface area contributed by atoms with Crippen LogP contribution >= 0.6 is 0 Å². The van der Waals surface area contributed by atoms with Crippen LogP contribution in [0.25, 0.3) is 0 Å². The van der Waals surface area contributed by atoms with Gasteiger partial charge in [0.1, 0.15) is 11.8 Å². The molecular formula is C32H39N3O6. The van der Waals surface area contributed by atoms with Crippen LogP contribution in [0.4, 0.5) is 0 Å². The first-order chi connectivity index (χ1) is 19.7. The molecule has 218 valence electrons. The second kappa shape index (κ2) is 12.0. The van der Waals surface area contributed by atoms with E-state index >= 15 is 0 Å². The third kappa shape index (κ3) is 5.86. The molecule has 3 amide bonds. The second-order valence-electron chi connectivity index (χ2n) is 11.3. The molecule has 0 bridgehead atoms. The van der Waals surface area contributed by atoms with Gasteiger partial charge < -0.3 is 19.3 Å². The average molecular weight is 562 g/mol. The Balaban J connectivity index is 1.34. The van der Waals surface area contributed by atoms with Gasteiger partial charge in [0.15, 0.2) is 0 Å². The van der Waals surface area contributed by atoms with Crippen molar-refractivity contribution in [1.29, 1.82) is 0 Å². The van der Waals surface area contributed by atoms with E-state index < -0.39 is 11.8 Å². The van der Waals surface area contributed by atoms with Crippen molar-refractivity contribution in [3.63, 3.8) is 0 Å². The van der Waals surface area contributed by atoms with Gasteiger partial charge in [0.25, 0.3) is 11.8 Å². The number of aryl methyl sites for hydroxylation is 2. The minimum Gasteiger partial charge on any atom is -0.466 e. The molecule has 2 aromatic carbocycles. The Hall–Kier alpha value is -3.72. The van der Waals surface area contributed by atoms with Crippen molar-refractivity contribution in [2.45, 2.75) is 58.2 Å². The lowest BCUT2D eigenvalue weighted by atomic mass is 9.94. The molecule has 9 heteroatoms. The number of amides is 3. The van der Waals surface area contributed by atoms with Crippen LogP contribution in [-0.2, 0) is 19.1 Å². The zero-order valence-corrected chi connectivity index (χ0v) is 24.1. The van der Waals surface area contributed by atoms with Gasteiger partial charge in [-0.3, -0.25) is 24.1 Å². The normalized spacial score (nSPS) is 20.8. The summed E-state index contributed by atoms with van der Waals surface area (Å²) in [4.78, 5) is 58.6. The number of carbonyl (C=O) groups is 4. The molecule has 3 heterocycles. The van der Waals surface area contributed by atoms with E-state index in [4.69, 9.17) is 9.47 Å². The van der Waals surface area contributed by atoms with Crippen LogP contribution in [0.2, 0.25) is 0 Å². The van der Waals surface area contributed by atoms with Gasteiger partial charge in [-0.1, -0.05) is 35.4 Å². The number of esters is 1. The first-order valence-corrected chi connectivity index (χ1v) is 14.6. The summed E-state index contributed by atoms with van der Waals surface area (Å²) in [6.45, 7) is 7.82. The Kier molecular flexibility index (Phi) is 8.45. The largest absolute Gasteiger partial charge is 0.466 e. The number of piperidine rings is 2. The van der Waals surface area contributed by atoms with Crippen LogP contribution in [0.3, 0.4) is 0 Å². The van der Waals surface area contributed by atoms with Crippen LogP contribution < -0.4 is 0 Å². The number of benzene rings is 2. The number of hydrogen-bond acceptors (Lipinski definition) is 6. The Morgan fingerprint density at radius 1 is 0.854 bits per heavy atom. The lowest BCUT2D eigenvalue weighted by molar-refractivity contribution is -0.152. The predicted molar refractivity (Wildman–Crippen MR) is 152 cm³/mol. The summed E-state index contributed by atoms with van der Waals surface area (Å²) in [5.74, 6) is -0.893. The van der Waals surface area contributed by atoms with Gasteiger partial charge >= 0.3 is 5.97 Å².